The minimum absolute atomic E-state index is 0.120. The monoisotopic (exact) mass is 418 g/mol. The second-order valence-electron chi connectivity index (χ2n) is 5.82. The molecule has 2 heterocycles. The average molecular weight is 419 g/mol. The fourth-order valence-electron chi connectivity index (χ4n) is 2.55. The van der Waals surface area contributed by atoms with Crippen molar-refractivity contribution in [3.63, 3.8) is 0 Å². The van der Waals surface area contributed by atoms with Gasteiger partial charge in [0.15, 0.2) is 11.5 Å². The minimum atomic E-state index is -0.120. The average Bonchev–Trinajstić information content (AvgIpc) is 3.28. The van der Waals surface area contributed by atoms with E-state index in [9.17, 15) is 4.79 Å². The summed E-state index contributed by atoms with van der Waals surface area (Å²) in [6.45, 7) is 0.210. The predicted octanol–water partition coefficient (Wildman–Crippen LogP) is 5.00. The number of hydrogen-bond acceptors (Lipinski definition) is 6. The third-order valence-corrected chi connectivity index (χ3v) is 6.16. The third kappa shape index (κ3) is 4.74. The van der Waals surface area contributed by atoms with Crippen LogP contribution >= 0.6 is 34.7 Å². The van der Waals surface area contributed by atoms with Crippen molar-refractivity contribution in [1.29, 1.82) is 0 Å². The van der Waals surface area contributed by atoms with Crippen molar-refractivity contribution < 1.29 is 14.3 Å². The second kappa shape index (κ2) is 8.21. The Bertz CT molecular complexity index is 977. The van der Waals surface area contributed by atoms with E-state index in [1.54, 1.807) is 30.0 Å². The molecule has 0 fully saturated rings. The highest BCUT2D eigenvalue weighted by molar-refractivity contribution is 8.00. The van der Waals surface area contributed by atoms with Gasteiger partial charge in [-0.1, -0.05) is 35.5 Å². The molecule has 5 nitrogen and oxygen atoms in total. The number of thioether (sulfide) groups is 1. The SMILES string of the molecule is O=C(Cc1csc(SCc2cccc(Cl)c2)n1)Nc1ccc2c(c1)OCO2. The summed E-state index contributed by atoms with van der Waals surface area (Å²) in [5.41, 5.74) is 2.58. The highest BCUT2D eigenvalue weighted by atomic mass is 35.5. The van der Waals surface area contributed by atoms with Crippen molar-refractivity contribution in [1.82, 2.24) is 4.98 Å². The first-order valence-electron chi connectivity index (χ1n) is 8.17. The standard InChI is InChI=1S/C19H15ClN2O3S2/c20-13-3-1-2-12(6-13)9-26-19-22-15(10-27-19)8-18(23)21-14-4-5-16-17(7-14)25-11-24-16/h1-7,10H,8-9,11H2,(H,21,23). The fraction of sp³-hybridized carbons (Fsp3) is 0.158. The number of nitrogens with one attached hydrogen (secondary N) is 1. The molecule has 4 rings (SSSR count). The first kappa shape index (κ1) is 18.2. The minimum Gasteiger partial charge on any atom is -0.454 e. The van der Waals surface area contributed by atoms with E-state index >= 15 is 0 Å². The van der Waals surface area contributed by atoms with Gasteiger partial charge in [0.05, 0.1) is 12.1 Å². The molecular weight excluding hydrogens is 404 g/mol. The number of aromatic nitrogens is 1. The summed E-state index contributed by atoms with van der Waals surface area (Å²) >= 11 is 9.18. The van der Waals surface area contributed by atoms with Gasteiger partial charge in [-0.15, -0.1) is 11.3 Å². The molecular formula is C19H15ClN2O3S2. The molecule has 0 bridgehead atoms. The molecule has 0 saturated carbocycles. The summed E-state index contributed by atoms with van der Waals surface area (Å²) < 4.78 is 11.5. The molecule has 0 aliphatic carbocycles. The Morgan fingerprint density at radius 2 is 2.11 bits per heavy atom. The van der Waals surface area contributed by atoms with E-state index < -0.39 is 0 Å². The lowest BCUT2D eigenvalue weighted by molar-refractivity contribution is -0.115. The number of halogens is 1. The highest BCUT2D eigenvalue weighted by Gasteiger charge is 2.15. The fourth-order valence-corrected chi connectivity index (χ4v) is 4.55. The molecule has 3 aromatic rings. The maximum Gasteiger partial charge on any atom is 0.231 e. The van der Waals surface area contributed by atoms with Crippen molar-refractivity contribution >= 4 is 46.3 Å². The molecule has 0 saturated heterocycles. The van der Waals surface area contributed by atoms with Crippen molar-refractivity contribution in [2.75, 3.05) is 12.1 Å². The van der Waals surface area contributed by atoms with Crippen LogP contribution in [0.3, 0.4) is 0 Å². The Morgan fingerprint density at radius 3 is 3.00 bits per heavy atom. The van der Waals surface area contributed by atoms with Crippen LogP contribution in [0.25, 0.3) is 0 Å². The maximum atomic E-state index is 12.3. The van der Waals surface area contributed by atoms with Gasteiger partial charge in [0.1, 0.15) is 4.34 Å². The summed E-state index contributed by atoms with van der Waals surface area (Å²) in [4.78, 5) is 16.8. The number of anilines is 1. The molecule has 1 aliphatic heterocycles. The Morgan fingerprint density at radius 1 is 1.22 bits per heavy atom. The van der Waals surface area contributed by atoms with Gasteiger partial charge in [-0.05, 0) is 29.8 Å². The van der Waals surface area contributed by atoms with Crippen LogP contribution in [0.1, 0.15) is 11.3 Å². The molecule has 1 N–H and O–H groups in total. The number of carbonyl (C=O) groups excluding carboxylic acids is 1. The van der Waals surface area contributed by atoms with Crippen molar-refractivity contribution in [2.24, 2.45) is 0 Å². The number of fused-ring (bicyclic) bond motifs is 1. The molecule has 0 radical (unpaired) electrons. The van der Waals surface area contributed by atoms with E-state index in [1.165, 1.54) is 11.3 Å². The number of rotatable bonds is 6. The van der Waals surface area contributed by atoms with Crippen molar-refractivity contribution in [3.05, 3.63) is 64.1 Å². The number of amides is 1. The van der Waals surface area contributed by atoms with E-state index in [0.717, 1.165) is 26.4 Å². The van der Waals surface area contributed by atoms with E-state index in [4.69, 9.17) is 21.1 Å². The Kier molecular flexibility index (Phi) is 5.52. The lowest BCUT2D eigenvalue weighted by Crippen LogP contribution is -2.14. The smallest absolute Gasteiger partial charge is 0.231 e. The first-order chi connectivity index (χ1) is 13.2. The molecule has 2 aromatic carbocycles. The third-order valence-electron chi connectivity index (χ3n) is 3.78. The number of ether oxygens (including phenoxy) is 2. The van der Waals surface area contributed by atoms with E-state index in [-0.39, 0.29) is 19.1 Å². The van der Waals surface area contributed by atoms with E-state index in [2.05, 4.69) is 10.3 Å². The normalized spacial score (nSPS) is 12.2. The molecule has 27 heavy (non-hydrogen) atoms. The van der Waals surface area contributed by atoms with Crippen LogP contribution in [0, 0.1) is 0 Å². The number of carbonyl (C=O) groups is 1. The molecule has 1 amide bonds. The van der Waals surface area contributed by atoms with E-state index in [1.807, 2.05) is 29.6 Å². The molecule has 1 aliphatic rings. The first-order valence-corrected chi connectivity index (χ1v) is 10.4. The number of thiazole rings is 1. The molecule has 1 aromatic heterocycles. The van der Waals surface area contributed by atoms with Crippen LogP contribution in [0.4, 0.5) is 5.69 Å². The molecule has 0 spiro atoms. The highest BCUT2D eigenvalue weighted by Crippen LogP contribution is 2.34. The summed E-state index contributed by atoms with van der Waals surface area (Å²) in [6.07, 6.45) is 0.225. The van der Waals surface area contributed by atoms with Gasteiger partial charge < -0.3 is 14.8 Å². The number of hydrogen-bond donors (Lipinski definition) is 1. The maximum absolute atomic E-state index is 12.3. The Balaban J connectivity index is 1.31. The van der Waals surface area contributed by atoms with Gasteiger partial charge in [0.2, 0.25) is 12.7 Å². The largest absolute Gasteiger partial charge is 0.454 e. The van der Waals surface area contributed by atoms with Crippen molar-refractivity contribution in [2.45, 2.75) is 16.5 Å². The topological polar surface area (TPSA) is 60.5 Å². The van der Waals surface area contributed by atoms with Crippen LogP contribution in [0.2, 0.25) is 5.02 Å². The lowest BCUT2D eigenvalue weighted by atomic mass is 10.2. The molecule has 0 atom stereocenters. The zero-order valence-corrected chi connectivity index (χ0v) is 16.5. The molecule has 138 valence electrons. The Hall–Kier alpha value is -2.22. The van der Waals surface area contributed by atoms with Gasteiger partial charge in [-0.3, -0.25) is 4.79 Å². The molecule has 8 heteroatoms. The number of benzene rings is 2. The summed E-state index contributed by atoms with van der Waals surface area (Å²) in [5, 5.41) is 5.51. The summed E-state index contributed by atoms with van der Waals surface area (Å²) in [7, 11) is 0. The zero-order chi connectivity index (χ0) is 18.6. The van der Waals surface area contributed by atoms with E-state index in [0.29, 0.717) is 17.2 Å². The lowest BCUT2D eigenvalue weighted by Gasteiger charge is -2.05. The van der Waals surface area contributed by atoms with Gasteiger partial charge in [0, 0.05) is 27.9 Å². The van der Waals surface area contributed by atoms with Gasteiger partial charge in [-0.25, -0.2) is 4.98 Å². The Labute approximate surface area is 169 Å². The van der Waals surface area contributed by atoms with Gasteiger partial charge in [0.25, 0.3) is 0 Å². The summed E-state index contributed by atoms with van der Waals surface area (Å²) in [6, 6.07) is 13.1. The van der Waals surface area contributed by atoms with Crippen LogP contribution in [0.5, 0.6) is 11.5 Å². The number of nitrogens with zero attached hydrogens (tertiary/aromatic N) is 1. The van der Waals surface area contributed by atoms with Gasteiger partial charge >= 0.3 is 0 Å². The van der Waals surface area contributed by atoms with Gasteiger partial charge in [-0.2, -0.15) is 0 Å². The van der Waals surface area contributed by atoms with Crippen LogP contribution in [-0.4, -0.2) is 17.7 Å². The van der Waals surface area contributed by atoms with Crippen LogP contribution < -0.4 is 14.8 Å². The quantitative estimate of drug-likeness (QED) is 0.571. The zero-order valence-electron chi connectivity index (χ0n) is 14.1. The van der Waals surface area contributed by atoms with Crippen molar-refractivity contribution in [3.8, 4) is 11.5 Å². The van der Waals surface area contributed by atoms with Crippen LogP contribution in [-0.2, 0) is 17.0 Å². The summed E-state index contributed by atoms with van der Waals surface area (Å²) in [5.74, 6) is 2.00. The van der Waals surface area contributed by atoms with Crippen LogP contribution in [0.15, 0.2) is 52.2 Å². The predicted molar refractivity (Wildman–Crippen MR) is 108 cm³/mol. The second-order valence-corrected chi connectivity index (χ2v) is 8.33. The molecule has 0 unspecified atom stereocenters.